The molecule has 1 amide bonds. The molecule has 1 N–H and O–H groups in total. The second-order valence-corrected chi connectivity index (χ2v) is 5.68. The van der Waals surface area contributed by atoms with Crippen LogP contribution in [0.15, 0.2) is 42.5 Å². The van der Waals surface area contributed by atoms with Crippen LogP contribution in [-0.2, 0) is 16.0 Å². The molecule has 0 unspecified atom stereocenters. The third-order valence-corrected chi connectivity index (χ3v) is 4.03. The van der Waals surface area contributed by atoms with Crippen LogP contribution in [0.3, 0.4) is 0 Å². The number of amides is 1. The third-order valence-electron chi connectivity index (χ3n) is 4.03. The highest BCUT2D eigenvalue weighted by atomic mass is 19.2. The fourth-order valence-corrected chi connectivity index (χ4v) is 2.76. The van der Waals surface area contributed by atoms with Gasteiger partial charge in [-0.25, -0.2) is 8.78 Å². The minimum absolute atomic E-state index is 0.0420. The van der Waals surface area contributed by atoms with Crippen LogP contribution in [0.1, 0.15) is 17.2 Å². The van der Waals surface area contributed by atoms with E-state index in [0.717, 1.165) is 11.6 Å². The smallest absolute Gasteiger partial charge is 0.227 e. The van der Waals surface area contributed by atoms with Crippen molar-refractivity contribution in [3.05, 3.63) is 65.2 Å². The van der Waals surface area contributed by atoms with Gasteiger partial charge >= 0.3 is 0 Å². The van der Waals surface area contributed by atoms with Crippen LogP contribution in [0.2, 0.25) is 0 Å². The van der Waals surface area contributed by atoms with Crippen molar-refractivity contribution in [2.24, 2.45) is 0 Å². The predicted octanol–water partition coefficient (Wildman–Crippen LogP) is 2.81. The summed E-state index contributed by atoms with van der Waals surface area (Å²) in [5, 5.41) is 9.56. The fourth-order valence-electron chi connectivity index (χ4n) is 2.76. The number of halogens is 2. The molecule has 0 spiro atoms. The number of aromatic hydroxyl groups is 1. The van der Waals surface area contributed by atoms with Crippen LogP contribution < -0.4 is 0 Å². The molecular formula is C18H17F2NO3. The average Bonchev–Trinajstić information content (AvgIpc) is 2.59. The lowest BCUT2D eigenvalue weighted by Gasteiger charge is -2.33. The summed E-state index contributed by atoms with van der Waals surface area (Å²) in [5.74, 6) is -2.10. The molecule has 126 valence electrons. The molecule has 1 saturated heterocycles. The van der Waals surface area contributed by atoms with Crippen LogP contribution in [0, 0.1) is 11.6 Å². The van der Waals surface area contributed by atoms with E-state index >= 15 is 0 Å². The Morgan fingerprint density at radius 2 is 2.04 bits per heavy atom. The van der Waals surface area contributed by atoms with Crippen molar-refractivity contribution in [3.63, 3.8) is 0 Å². The van der Waals surface area contributed by atoms with E-state index in [9.17, 15) is 18.7 Å². The lowest BCUT2D eigenvalue weighted by atomic mass is 10.1. The zero-order chi connectivity index (χ0) is 17.1. The summed E-state index contributed by atoms with van der Waals surface area (Å²) in [6.07, 6.45) is -0.553. The molecule has 2 aromatic rings. The minimum Gasteiger partial charge on any atom is -0.508 e. The molecule has 0 radical (unpaired) electrons. The van der Waals surface area contributed by atoms with E-state index in [4.69, 9.17) is 4.74 Å². The van der Waals surface area contributed by atoms with E-state index in [1.807, 2.05) is 6.07 Å². The zero-order valence-electron chi connectivity index (χ0n) is 12.9. The Morgan fingerprint density at radius 1 is 1.25 bits per heavy atom. The minimum atomic E-state index is -0.983. The van der Waals surface area contributed by atoms with Gasteiger partial charge in [0.25, 0.3) is 0 Å². The van der Waals surface area contributed by atoms with Gasteiger partial charge in [-0.1, -0.05) is 24.3 Å². The van der Waals surface area contributed by atoms with Crippen molar-refractivity contribution < 1.29 is 23.4 Å². The second-order valence-electron chi connectivity index (χ2n) is 5.68. The molecule has 0 saturated carbocycles. The number of phenolic OH excluding ortho intramolecular Hbond substituents is 1. The molecule has 3 rings (SSSR count). The topological polar surface area (TPSA) is 49.8 Å². The van der Waals surface area contributed by atoms with Crippen molar-refractivity contribution in [3.8, 4) is 5.75 Å². The molecule has 1 fully saturated rings. The first-order valence-electron chi connectivity index (χ1n) is 7.66. The van der Waals surface area contributed by atoms with Crippen LogP contribution in [0.4, 0.5) is 8.78 Å². The standard InChI is InChI=1S/C18H17F2NO3/c19-15-6-2-4-13(18(15)20)10-17(23)21-7-8-24-16(11-21)12-3-1-5-14(22)9-12/h1-6,9,16,22H,7-8,10-11H2/t16-/m1/s1. The number of morpholine rings is 1. The molecule has 2 aromatic carbocycles. The summed E-state index contributed by atoms with van der Waals surface area (Å²) in [5.41, 5.74) is 0.810. The number of benzene rings is 2. The predicted molar refractivity (Wildman–Crippen MR) is 83.4 cm³/mol. The Bertz CT molecular complexity index is 751. The number of phenols is 1. The van der Waals surface area contributed by atoms with Gasteiger partial charge < -0.3 is 14.7 Å². The lowest BCUT2D eigenvalue weighted by molar-refractivity contribution is -0.138. The first-order valence-corrected chi connectivity index (χ1v) is 7.66. The van der Waals surface area contributed by atoms with Crippen molar-refractivity contribution in [1.29, 1.82) is 0 Å². The average molecular weight is 333 g/mol. The molecule has 0 aliphatic carbocycles. The first-order chi connectivity index (χ1) is 11.5. The fraction of sp³-hybridized carbons (Fsp3) is 0.278. The monoisotopic (exact) mass is 333 g/mol. The van der Waals surface area contributed by atoms with Crippen LogP contribution in [0.5, 0.6) is 5.75 Å². The van der Waals surface area contributed by atoms with Gasteiger partial charge in [-0.05, 0) is 23.8 Å². The highest BCUT2D eigenvalue weighted by molar-refractivity contribution is 5.79. The highest BCUT2D eigenvalue weighted by Crippen LogP contribution is 2.25. The van der Waals surface area contributed by atoms with Gasteiger partial charge in [0.05, 0.1) is 19.6 Å². The Balaban J connectivity index is 1.70. The SMILES string of the molecule is O=C(Cc1cccc(F)c1F)N1CCO[C@@H](c2cccc(O)c2)C1. The molecule has 0 bridgehead atoms. The summed E-state index contributed by atoms with van der Waals surface area (Å²) in [4.78, 5) is 14.0. The van der Waals surface area contributed by atoms with Crippen LogP contribution in [0.25, 0.3) is 0 Å². The largest absolute Gasteiger partial charge is 0.508 e. The van der Waals surface area contributed by atoms with E-state index in [-0.39, 0.29) is 29.7 Å². The first kappa shape index (κ1) is 16.4. The molecular weight excluding hydrogens is 316 g/mol. The second kappa shape index (κ2) is 6.97. The van der Waals surface area contributed by atoms with Gasteiger partial charge in [0, 0.05) is 12.1 Å². The molecule has 1 aliphatic rings. The molecule has 24 heavy (non-hydrogen) atoms. The van der Waals surface area contributed by atoms with Gasteiger partial charge in [0.2, 0.25) is 5.91 Å². The van der Waals surface area contributed by atoms with Crippen LogP contribution >= 0.6 is 0 Å². The molecule has 0 aromatic heterocycles. The maximum absolute atomic E-state index is 13.7. The van der Waals surface area contributed by atoms with Gasteiger partial charge in [-0.2, -0.15) is 0 Å². The normalized spacial score (nSPS) is 17.8. The highest BCUT2D eigenvalue weighted by Gasteiger charge is 2.26. The van der Waals surface area contributed by atoms with Gasteiger partial charge in [0.1, 0.15) is 11.9 Å². The Labute approximate surface area is 138 Å². The number of nitrogens with zero attached hydrogens (tertiary/aromatic N) is 1. The number of hydrogen-bond acceptors (Lipinski definition) is 3. The van der Waals surface area contributed by atoms with Gasteiger partial charge in [0.15, 0.2) is 11.6 Å². The van der Waals surface area contributed by atoms with E-state index in [2.05, 4.69) is 0 Å². The molecule has 1 heterocycles. The maximum Gasteiger partial charge on any atom is 0.227 e. The van der Waals surface area contributed by atoms with Gasteiger partial charge in [-0.15, -0.1) is 0 Å². The molecule has 6 heteroatoms. The lowest BCUT2D eigenvalue weighted by Crippen LogP contribution is -2.43. The van der Waals surface area contributed by atoms with E-state index < -0.39 is 11.6 Å². The number of carbonyl (C=O) groups excluding carboxylic acids is 1. The maximum atomic E-state index is 13.7. The molecule has 1 atom stereocenters. The third kappa shape index (κ3) is 3.54. The van der Waals surface area contributed by atoms with Crippen molar-refractivity contribution in [2.45, 2.75) is 12.5 Å². The molecule has 4 nitrogen and oxygen atoms in total. The zero-order valence-corrected chi connectivity index (χ0v) is 12.9. The summed E-state index contributed by atoms with van der Waals surface area (Å²) < 4.78 is 32.6. The summed E-state index contributed by atoms with van der Waals surface area (Å²) in [7, 11) is 0. The number of hydrogen-bond donors (Lipinski definition) is 1. The summed E-state index contributed by atoms with van der Waals surface area (Å²) >= 11 is 0. The Morgan fingerprint density at radius 3 is 2.83 bits per heavy atom. The molecule has 1 aliphatic heterocycles. The van der Waals surface area contributed by atoms with Crippen molar-refractivity contribution in [1.82, 2.24) is 4.90 Å². The van der Waals surface area contributed by atoms with Gasteiger partial charge in [-0.3, -0.25) is 4.79 Å². The Kier molecular flexibility index (Phi) is 4.76. The number of ether oxygens (including phenoxy) is 1. The quantitative estimate of drug-likeness (QED) is 0.940. The number of rotatable bonds is 3. The van der Waals surface area contributed by atoms with E-state index in [1.54, 1.807) is 23.1 Å². The van der Waals surface area contributed by atoms with E-state index in [1.165, 1.54) is 12.1 Å². The summed E-state index contributed by atoms with van der Waals surface area (Å²) in [6.45, 7) is 1.04. The van der Waals surface area contributed by atoms with E-state index in [0.29, 0.717) is 19.7 Å². The van der Waals surface area contributed by atoms with Crippen molar-refractivity contribution >= 4 is 5.91 Å². The summed E-state index contributed by atoms with van der Waals surface area (Å²) in [6, 6.07) is 10.5. The Hall–Kier alpha value is -2.47. The van der Waals surface area contributed by atoms with Crippen LogP contribution in [-0.4, -0.2) is 35.6 Å². The number of carbonyl (C=O) groups is 1. The van der Waals surface area contributed by atoms with Crippen molar-refractivity contribution in [2.75, 3.05) is 19.7 Å².